The van der Waals surface area contributed by atoms with Crippen LogP contribution in [0, 0.1) is 25.2 Å². The monoisotopic (exact) mass is 503 g/mol. The van der Waals surface area contributed by atoms with Gasteiger partial charge in [-0.1, -0.05) is 47.6 Å². The number of amides is 1. The highest BCUT2D eigenvalue weighted by molar-refractivity contribution is 6.08. The van der Waals surface area contributed by atoms with E-state index in [1.54, 1.807) is 4.90 Å². The minimum atomic E-state index is -0.0178. The minimum Gasteiger partial charge on any atom is -0.368 e. The molecule has 2 aliphatic heterocycles. The summed E-state index contributed by atoms with van der Waals surface area (Å²) in [6.45, 7) is 6.99. The summed E-state index contributed by atoms with van der Waals surface area (Å²) in [4.78, 5) is 19.9. The third-order valence-electron chi connectivity index (χ3n) is 7.84. The van der Waals surface area contributed by atoms with Crippen LogP contribution in [-0.2, 0) is 0 Å². The summed E-state index contributed by atoms with van der Waals surface area (Å²) in [6.07, 6.45) is 0. The Kier molecular flexibility index (Phi) is 5.97. The van der Waals surface area contributed by atoms with Gasteiger partial charge in [0.15, 0.2) is 0 Å². The molecular weight excluding hydrogens is 474 g/mol. The van der Waals surface area contributed by atoms with Crippen molar-refractivity contribution in [2.24, 2.45) is 0 Å². The van der Waals surface area contributed by atoms with Crippen LogP contribution in [0.4, 0.5) is 11.4 Å². The number of hydrogen-bond acceptors (Lipinski definition) is 6. The van der Waals surface area contributed by atoms with E-state index < -0.39 is 0 Å². The average molecular weight is 504 g/mol. The zero-order valence-electron chi connectivity index (χ0n) is 21.8. The quantitative estimate of drug-likeness (QED) is 0.376. The normalized spacial score (nSPS) is 17.5. The second-order valence-corrected chi connectivity index (χ2v) is 9.98. The molecule has 6 rings (SSSR count). The van der Waals surface area contributed by atoms with E-state index in [0.29, 0.717) is 5.56 Å². The van der Waals surface area contributed by atoms with Gasteiger partial charge in [-0.3, -0.25) is 9.69 Å². The molecule has 1 fully saturated rings. The van der Waals surface area contributed by atoms with Gasteiger partial charge in [0.05, 0.1) is 23.0 Å². The van der Waals surface area contributed by atoms with Crippen molar-refractivity contribution < 1.29 is 9.32 Å². The number of anilines is 2. The lowest BCUT2D eigenvalue weighted by atomic mass is 9.92. The number of nitrogens with zero attached hydrogens (tertiary/aromatic N) is 5. The maximum atomic E-state index is 13.3. The standard InChI is InChI=1S/C31H29N5O2/c1-20-29(21(2)38-33-20)22-12-13-27(23(18-22)19-32)35-14-16-36(17-15-35)30-24-8-4-5-9-25(24)31(37)34(3)28-11-7-6-10-26(28)30/h4-13,18,30H,14-17H2,1-3H3. The average Bonchev–Trinajstić information content (AvgIpc) is 3.26. The molecule has 4 aromatic rings. The van der Waals surface area contributed by atoms with Crippen LogP contribution in [0.25, 0.3) is 11.1 Å². The smallest absolute Gasteiger partial charge is 0.258 e. The van der Waals surface area contributed by atoms with Crippen LogP contribution in [0.3, 0.4) is 0 Å². The summed E-state index contributed by atoms with van der Waals surface area (Å²) in [5.74, 6) is 0.770. The third-order valence-corrected chi connectivity index (χ3v) is 7.84. The zero-order chi connectivity index (χ0) is 26.4. The van der Waals surface area contributed by atoms with E-state index >= 15 is 0 Å². The lowest BCUT2D eigenvalue weighted by molar-refractivity contribution is 0.0992. The highest BCUT2D eigenvalue weighted by Crippen LogP contribution is 2.41. The van der Waals surface area contributed by atoms with Crippen LogP contribution in [-0.4, -0.2) is 49.2 Å². The third kappa shape index (κ3) is 3.85. The van der Waals surface area contributed by atoms with E-state index in [9.17, 15) is 10.1 Å². The summed E-state index contributed by atoms with van der Waals surface area (Å²) >= 11 is 0. The zero-order valence-corrected chi connectivity index (χ0v) is 21.8. The van der Waals surface area contributed by atoms with Crippen LogP contribution in [0.5, 0.6) is 0 Å². The van der Waals surface area contributed by atoms with Crippen LogP contribution >= 0.6 is 0 Å². The Hall–Kier alpha value is -4.41. The number of hydrogen-bond donors (Lipinski definition) is 0. The molecule has 0 bridgehead atoms. The molecule has 7 heteroatoms. The first kappa shape index (κ1) is 24.0. The van der Waals surface area contributed by atoms with Crippen LogP contribution < -0.4 is 9.80 Å². The van der Waals surface area contributed by atoms with Crippen molar-refractivity contribution in [2.45, 2.75) is 19.9 Å². The van der Waals surface area contributed by atoms with Gasteiger partial charge >= 0.3 is 0 Å². The molecule has 1 unspecified atom stereocenters. The summed E-state index contributed by atoms with van der Waals surface area (Å²) in [5.41, 5.74) is 8.19. The number of aromatic nitrogens is 1. The number of para-hydroxylation sites is 1. The summed E-state index contributed by atoms with van der Waals surface area (Å²) in [6, 6.07) is 24.6. The Morgan fingerprint density at radius 1 is 0.921 bits per heavy atom. The molecule has 1 saturated heterocycles. The van der Waals surface area contributed by atoms with Crippen molar-refractivity contribution >= 4 is 17.3 Å². The fraction of sp³-hybridized carbons (Fsp3) is 0.258. The Morgan fingerprint density at radius 2 is 1.63 bits per heavy atom. The molecule has 1 aromatic heterocycles. The molecule has 7 nitrogen and oxygen atoms in total. The molecule has 0 N–H and O–H groups in total. The molecule has 1 atom stereocenters. The Morgan fingerprint density at radius 3 is 2.34 bits per heavy atom. The molecule has 0 radical (unpaired) electrons. The lowest BCUT2D eigenvalue weighted by Crippen LogP contribution is -2.48. The number of carbonyl (C=O) groups excluding carboxylic acids is 1. The topological polar surface area (TPSA) is 76.6 Å². The maximum absolute atomic E-state index is 13.3. The first-order valence-corrected chi connectivity index (χ1v) is 12.9. The second kappa shape index (κ2) is 9.47. The number of benzene rings is 3. The molecule has 0 saturated carbocycles. The van der Waals surface area contributed by atoms with Gasteiger partial charge in [0, 0.05) is 50.0 Å². The Bertz CT molecular complexity index is 1560. The molecular formula is C31H29N5O2. The van der Waals surface area contributed by atoms with Crippen molar-refractivity contribution in [1.29, 1.82) is 5.26 Å². The van der Waals surface area contributed by atoms with Crippen molar-refractivity contribution in [2.75, 3.05) is 43.0 Å². The largest absolute Gasteiger partial charge is 0.368 e. The van der Waals surface area contributed by atoms with E-state index in [1.807, 2.05) is 75.5 Å². The minimum absolute atomic E-state index is 0.0178. The first-order valence-electron chi connectivity index (χ1n) is 12.9. The number of carbonyl (C=O) groups is 1. The van der Waals surface area contributed by atoms with Gasteiger partial charge in [0.2, 0.25) is 0 Å². The number of piperazine rings is 1. The number of nitriles is 1. The van der Waals surface area contributed by atoms with Gasteiger partial charge < -0.3 is 14.3 Å². The van der Waals surface area contributed by atoms with E-state index in [2.05, 4.69) is 33.2 Å². The highest BCUT2D eigenvalue weighted by atomic mass is 16.5. The highest BCUT2D eigenvalue weighted by Gasteiger charge is 2.35. The van der Waals surface area contributed by atoms with Crippen molar-refractivity contribution in [3.05, 3.63) is 100 Å². The SMILES string of the molecule is Cc1noc(C)c1-c1ccc(N2CCN(C3c4ccccc4C(=O)N(C)c4ccccc43)CC2)c(C#N)c1. The predicted molar refractivity (Wildman–Crippen MR) is 147 cm³/mol. The van der Waals surface area contributed by atoms with E-state index in [1.165, 1.54) is 0 Å². The van der Waals surface area contributed by atoms with Gasteiger partial charge in [0.25, 0.3) is 5.91 Å². The molecule has 0 spiro atoms. The second-order valence-electron chi connectivity index (χ2n) is 9.98. The summed E-state index contributed by atoms with van der Waals surface area (Å²) in [7, 11) is 1.86. The molecule has 3 aromatic carbocycles. The van der Waals surface area contributed by atoms with Crippen molar-refractivity contribution in [1.82, 2.24) is 10.1 Å². The van der Waals surface area contributed by atoms with Gasteiger partial charge in [-0.25, -0.2) is 0 Å². The molecule has 1 amide bonds. The number of rotatable bonds is 3. The van der Waals surface area contributed by atoms with Crippen molar-refractivity contribution in [3.8, 4) is 17.2 Å². The number of fused-ring (bicyclic) bond motifs is 2. The fourth-order valence-corrected chi connectivity index (χ4v) is 5.98. The predicted octanol–water partition coefficient (Wildman–Crippen LogP) is 5.33. The van der Waals surface area contributed by atoms with Crippen LogP contribution in [0.2, 0.25) is 0 Å². The molecule has 0 aliphatic carbocycles. The number of aryl methyl sites for hydroxylation is 2. The van der Waals surface area contributed by atoms with E-state index in [-0.39, 0.29) is 11.9 Å². The molecule has 38 heavy (non-hydrogen) atoms. The van der Waals surface area contributed by atoms with Gasteiger partial charge in [0.1, 0.15) is 11.8 Å². The van der Waals surface area contributed by atoms with E-state index in [4.69, 9.17) is 4.52 Å². The summed E-state index contributed by atoms with van der Waals surface area (Å²) < 4.78 is 5.34. The Balaban J connectivity index is 1.30. The molecule has 2 aliphatic rings. The van der Waals surface area contributed by atoms with Crippen LogP contribution in [0.1, 0.15) is 44.5 Å². The lowest BCUT2D eigenvalue weighted by Gasteiger charge is -2.41. The summed E-state index contributed by atoms with van der Waals surface area (Å²) in [5, 5.41) is 14.1. The van der Waals surface area contributed by atoms with Gasteiger partial charge in [-0.15, -0.1) is 0 Å². The molecule has 190 valence electrons. The Labute approximate surface area is 222 Å². The maximum Gasteiger partial charge on any atom is 0.258 e. The van der Waals surface area contributed by atoms with Gasteiger partial charge in [-0.05, 0) is 54.8 Å². The first-order chi connectivity index (χ1) is 18.5. The van der Waals surface area contributed by atoms with Gasteiger partial charge in [-0.2, -0.15) is 5.26 Å². The van der Waals surface area contributed by atoms with E-state index in [0.717, 1.165) is 76.8 Å². The molecule has 3 heterocycles. The van der Waals surface area contributed by atoms with Crippen molar-refractivity contribution in [3.63, 3.8) is 0 Å². The van der Waals surface area contributed by atoms with Crippen LogP contribution in [0.15, 0.2) is 71.3 Å². The fourth-order valence-electron chi connectivity index (χ4n) is 5.98.